The molecule has 2 aromatic rings. The lowest BCUT2D eigenvalue weighted by Gasteiger charge is -2.25. The zero-order valence-corrected chi connectivity index (χ0v) is 24.5. The fourth-order valence-corrected chi connectivity index (χ4v) is 6.49. The summed E-state index contributed by atoms with van der Waals surface area (Å²) >= 11 is 0. The molecule has 0 bridgehead atoms. The first-order valence-corrected chi connectivity index (χ1v) is 15.4. The number of carboxylic acid groups (broad SMARTS) is 1. The molecule has 1 saturated heterocycles. The maximum Gasteiger partial charge on any atom is 0.326 e. The number of nitrogens with zero attached hydrogens (tertiary/aromatic N) is 3. The zero-order chi connectivity index (χ0) is 30.5. The van der Waals surface area contributed by atoms with Gasteiger partial charge in [-0.25, -0.2) is 13.2 Å². The molecule has 2 aromatic carbocycles. The van der Waals surface area contributed by atoms with Crippen molar-refractivity contribution in [1.82, 2.24) is 14.9 Å². The van der Waals surface area contributed by atoms with E-state index in [1.54, 1.807) is 49.4 Å². The largest absolute Gasteiger partial charge is 0.480 e. The standard InChI is InChI=1S/C30H37N5O6S/c1-22(33-21-31)32-17-7-3-4-9-25(36)19-23-13-15-24(16-14-23)20-27(30(38)39)34-29(37)28-12-8-18-35(28)42(40,41)26-10-5-2-6-11-26/h2,5-6,10-11,13-16,27-28H,3-4,7-9,12,17-20H2,1H3,(H,32,33)(H,34,37)(H,38,39)/t27?,28-/m0/s1. The average Bonchev–Trinajstić information content (AvgIpc) is 3.47. The van der Waals surface area contributed by atoms with Gasteiger partial charge in [-0.2, -0.15) is 9.57 Å². The highest BCUT2D eigenvalue weighted by molar-refractivity contribution is 7.89. The Kier molecular flexibility index (Phi) is 12.2. The Balaban J connectivity index is 1.50. The number of ketones is 1. The zero-order valence-electron chi connectivity index (χ0n) is 23.7. The van der Waals surface area contributed by atoms with E-state index in [-0.39, 0.29) is 30.1 Å². The van der Waals surface area contributed by atoms with Crippen LogP contribution in [0.15, 0.2) is 64.5 Å². The molecule has 12 heteroatoms. The molecule has 1 aliphatic rings. The van der Waals surface area contributed by atoms with Crippen molar-refractivity contribution in [1.29, 1.82) is 5.26 Å². The van der Waals surface area contributed by atoms with Crippen LogP contribution >= 0.6 is 0 Å². The van der Waals surface area contributed by atoms with E-state index in [2.05, 4.69) is 15.6 Å². The molecule has 1 unspecified atom stereocenters. The minimum atomic E-state index is -3.90. The molecule has 1 heterocycles. The number of benzene rings is 2. The Labute approximate surface area is 246 Å². The van der Waals surface area contributed by atoms with E-state index in [0.29, 0.717) is 37.2 Å². The monoisotopic (exact) mass is 595 g/mol. The van der Waals surface area contributed by atoms with E-state index in [1.807, 2.05) is 6.19 Å². The Morgan fingerprint density at radius 2 is 1.76 bits per heavy atom. The summed E-state index contributed by atoms with van der Waals surface area (Å²) in [6, 6.07) is 12.7. The number of hydrogen-bond donors (Lipinski definition) is 3. The van der Waals surface area contributed by atoms with E-state index >= 15 is 0 Å². The molecule has 2 atom stereocenters. The number of Topliss-reactive ketones (excluding diaryl/α,β-unsaturated/α-hetero) is 1. The molecular weight excluding hydrogens is 558 g/mol. The lowest BCUT2D eigenvalue weighted by molar-refractivity contribution is -0.142. The van der Waals surface area contributed by atoms with Crippen molar-refractivity contribution < 1.29 is 27.9 Å². The maximum absolute atomic E-state index is 13.1. The van der Waals surface area contributed by atoms with Gasteiger partial charge in [0.05, 0.1) is 4.90 Å². The van der Waals surface area contributed by atoms with Crippen LogP contribution in [-0.2, 0) is 37.2 Å². The molecule has 0 radical (unpaired) electrons. The van der Waals surface area contributed by atoms with Crippen LogP contribution in [0.4, 0.5) is 0 Å². The number of hydrogen-bond acceptors (Lipinski definition) is 7. The van der Waals surface area contributed by atoms with Crippen LogP contribution in [0.3, 0.4) is 0 Å². The van der Waals surface area contributed by atoms with Gasteiger partial charge in [0.2, 0.25) is 15.9 Å². The quantitative estimate of drug-likeness (QED) is 0.0928. The molecule has 1 aliphatic heterocycles. The van der Waals surface area contributed by atoms with E-state index in [1.165, 1.54) is 12.1 Å². The van der Waals surface area contributed by atoms with Crippen LogP contribution in [0.2, 0.25) is 0 Å². The first kappa shape index (κ1) is 32.4. The van der Waals surface area contributed by atoms with Gasteiger partial charge in [0.25, 0.3) is 0 Å². The van der Waals surface area contributed by atoms with E-state index in [0.717, 1.165) is 29.1 Å². The highest BCUT2D eigenvalue weighted by Gasteiger charge is 2.40. The Bertz CT molecular complexity index is 1400. The third kappa shape index (κ3) is 9.49. The van der Waals surface area contributed by atoms with Gasteiger partial charge >= 0.3 is 5.97 Å². The first-order chi connectivity index (χ1) is 20.1. The highest BCUT2D eigenvalue weighted by Crippen LogP contribution is 2.26. The average molecular weight is 596 g/mol. The summed E-state index contributed by atoms with van der Waals surface area (Å²) in [7, 11) is -3.90. The summed E-state index contributed by atoms with van der Waals surface area (Å²) in [5, 5.41) is 23.3. The normalized spacial score (nSPS) is 16.4. The molecule has 42 heavy (non-hydrogen) atoms. The lowest BCUT2D eigenvalue weighted by atomic mass is 10.00. The van der Waals surface area contributed by atoms with Crippen LogP contribution in [0.1, 0.15) is 56.6 Å². The van der Waals surface area contributed by atoms with Crippen LogP contribution in [0.25, 0.3) is 0 Å². The second-order valence-electron chi connectivity index (χ2n) is 10.2. The Hall–Kier alpha value is -4.08. The number of carbonyl (C=O) groups is 3. The summed E-state index contributed by atoms with van der Waals surface area (Å²) in [5.41, 5.74) is 1.48. The van der Waals surface area contributed by atoms with Crippen molar-refractivity contribution in [3.63, 3.8) is 0 Å². The van der Waals surface area contributed by atoms with Crippen molar-refractivity contribution in [2.24, 2.45) is 4.99 Å². The van der Waals surface area contributed by atoms with E-state index in [4.69, 9.17) is 5.26 Å². The minimum Gasteiger partial charge on any atom is -0.480 e. The van der Waals surface area contributed by atoms with E-state index < -0.39 is 34.0 Å². The molecule has 0 aliphatic carbocycles. The van der Waals surface area contributed by atoms with Crippen molar-refractivity contribution >= 4 is 33.5 Å². The summed E-state index contributed by atoms with van der Waals surface area (Å²) in [4.78, 5) is 41.7. The summed E-state index contributed by atoms with van der Waals surface area (Å²) < 4.78 is 27.3. The predicted molar refractivity (Wildman–Crippen MR) is 157 cm³/mol. The Morgan fingerprint density at radius 1 is 1.07 bits per heavy atom. The molecule has 0 aromatic heterocycles. The van der Waals surface area contributed by atoms with Crippen molar-refractivity contribution in [2.45, 2.75) is 75.3 Å². The van der Waals surface area contributed by atoms with Crippen LogP contribution in [0, 0.1) is 11.5 Å². The van der Waals surface area contributed by atoms with Crippen LogP contribution in [0.5, 0.6) is 0 Å². The molecule has 0 spiro atoms. The molecule has 1 amide bonds. The second-order valence-corrected chi connectivity index (χ2v) is 12.1. The second kappa shape index (κ2) is 15.8. The van der Waals surface area contributed by atoms with Gasteiger partial charge in [-0.05, 0) is 55.9 Å². The van der Waals surface area contributed by atoms with Gasteiger partial charge in [-0.1, -0.05) is 48.9 Å². The number of carboxylic acids is 1. The Morgan fingerprint density at radius 3 is 2.43 bits per heavy atom. The highest BCUT2D eigenvalue weighted by atomic mass is 32.2. The van der Waals surface area contributed by atoms with Gasteiger partial charge in [-0.3, -0.25) is 19.9 Å². The third-order valence-electron chi connectivity index (χ3n) is 7.03. The summed E-state index contributed by atoms with van der Waals surface area (Å²) in [6.07, 6.45) is 5.79. The van der Waals surface area contributed by atoms with Crippen molar-refractivity contribution in [3.05, 3.63) is 65.7 Å². The molecule has 0 saturated carbocycles. The number of aliphatic imine (C=N–C) groups is 1. The number of aliphatic carboxylic acids is 1. The van der Waals surface area contributed by atoms with Crippen LogP contribution in [-0.4, -0.2) is 66.5 Å². The number of amides is 1. The fourth-order valence-electron chi connectivity index (χ4n) is 4.81. The molecule has 224 valence electrons. The lowest BCUT2D eigenvalue weighted by Crippen LogP contribution is -2.51. The maximum atomic E-state index is 13.1. The van der Waals surface area contributed by atoms with Gasteiger partial charge in [-0.15, -0.1) is 0 Å². The number of nitrogens with one attached hydrogen (secondary N) is 2. The number of rotatable bonds is 15. The number of amidine groups is 1. The molecule has 11 nitrogen and oxygen atoms in total. The van der Waals surface area contributed by atoms with Crippen molar-refractivity contribution in [2.75, 3.05) is 13.1 Å². The smallest absolute Gasteiger partial charge is 0.326 e. The van der Waals surface area contributed by atoms with Crippen LogP contribution < -0.4 is 10.6 Å². The third-order valence-corrected chi connectivity index (χ3v) is 8.96. The van der Waals surface area contributed by atoms with Gasteiger partial charge in [0.1, 0.15) is 23.7 Å². The van der Waals surface area contributed by atoms with Gasteiger partial charge < -0.3 is 10.4 Å². The molecule has 3 rings (SSSR count). The SMILES string of the molecule is CC(=NCCCCCC(=O)Cc1ccc(CC(NC(=O)[C@@H]2CCCN2S(=O)(=O)c2ccccc2)C(=O)O)cc1)NC#N. The topological polar surface area (TPSA) is 169 Å². The van der Waals surface area contributed by atoms with Gasteiger partial charge in [0, 0.05) is 32.4 Å². The molecule has 1 fully saturated rings. The number of unbranched alkanes of at least 4 members (excludes halogenated alkanes) is 2. The van der Waals surface area contributed by atoms with Crippen molar-refractivity contribution in [3.8, 4) is 6.19 Å². The summed E-state index contributed by atoms with van der Waals surface area (Å²) in [6.45, 7) is 2.50. The number of carbonyl (C=O) groups excluding carboxylic acids is 2. The molecule has 3 N–H and O–H groups in total. The fraction of sp³-hybridized carbons (Fsp3) is 0.433. The van der Waals surface area contributed by atoms with E-state index in [9.17, 15) is 27.9 Å². The predicted octanol–water partition coefficient (Wildman–Crippen LogP) is 2.81. The number of sulfonamides is 1. The van der Waals surface area contributed by atoms with Gasteiger partial charge in [0.15, 0.2) is 6.19 Å². The number of nitriles is 1. The summed E-state index contributed by atoms with van der Waals surface area (Å²) in [5.74, 6) is -1.18. The molecular formula is C30H37N5O6S. The first-order valence-electron chi connectivity index (χ1n) is 14.0. The minimum absolute atomic E-state index is 0.0132.